The van der Waals surface area contributed by atoms with Gasteiger partial charge < -0.3 is 9.47 Å². The highest BCUT2D eigenvalue weighted by molar-refractivity contribution is 6.34. The maximum absolute atomic E-state index is 13.3. The van der Waals surface area contributed by atoms with Gasteiger partial charge in [0.05, 0.1) is 27.9 Å². The number of Topliss-reactive ketones (excluding diaryl/α,β-unsaturated/α-hetero) is 2. The van der Waals surface area contributed by atoms with Crippen molar-refractivity contribution >= 4 is 62.6 Å². The second-order valence-corrected chi connectivity index (χ2v) is 11.4. The number of imide groups is 1. The normalized spacial score (nSPS) is 12.2. The molecule has 0 fully saturated rings. The van der Waals surface area contributed by atoms with Gasteiger partial charge in [0.1, 0.15) is 0 Å². The van der Waals surface area contributed by atoms with Gasteiger partial charge in [0.15, 0.2) is 24.8 Å². The van der Waals surface area contributed by atoms with E-state index in [1.54, 1.807) is 24.3 Å². The van der Waals surface area contributed by atoms with E-state index in [-0.39, 0.29) is 39.5 Å². The number of rotatable bonds is 9. The SMILES string of the molecule is O=C(COC(=O)c1ccc(N2C(=O)c3ccc(C(=O)OCC(=O)c4ccc5ccccc5c4)cc3C2=O)cc1)c1ccc2ccccc2c1. The fourth-order valence-electron chi connectivity index (χ4n) is 5.67. The molecule has 6 aromatic rings. The topological polar surface area (TPSA) is 124 Å². The largest absolute Gasteiger partial charge is 0.454 e. The molecular weight excluding hydrogens is 622 g/mol. The van der Waals surface area contributed by atoms with Crippen LogP contribution in [0.15, 0.2) is 127 Å². The summed E-state index contributed by atoms with van der Waals surface area (Å²) < 4.78 is 10.5. The van der Waals surface area contributed by atoms with Crippen LogP contribution in [0.3, 0.4) is 0 Å². The van der Waals surface area contributed by atoms with Crippen molar-refractivity contribution in [3.63, 3.8) is 0 Å². The van der Waals surface area contributed by atoms with Gasteiger partial charge in [-0.3, -0.25) is 19.2 Å². The summed E-state index contributed by atoms with van der Waals surface area (Å²) in [6, 6.07) is 35.2. The van der Waals surface area contributed by atoms with Crippen LogP contribution in [0.1, 0.15) is 62.1 Å². The Kier molecular flexibility index (Phi) is 8.07. The van der Waals surface area contributed by atoms with Crippen molar-refractivity contribution in [2.75, 3.05) is 18.1 Å². The summed E-state index contributed by atoms with van der Waals surface area (Å²) in [5.41, 5.74) is 1.21. The number of benzene rings is 6. The van der Waals surface area contributed by atoms with E-state index >= 15 is 0 Å². The molecule has 238 valence electrons. The minimum atomic E-state index is -0.822. The van der Waals surface area contributed by atoms with Crippen LogP contribution in [0.5, 0.6) is 0 Å². The molecule has 1 aliphatic heterocycles. The number of carbonyl (C=O) groups excluding carboxylic acids is 6. The number of ketones is 2. The zero-order valence-corrected chi connectivity index (χ0v) is 25.8. The molecule has 6 aromatic carbocycles. The lowest BCUT2D eigenvalue weighted by Crippen LogP contribution is -2.29. The van der Waals surface area contributed by atoms with Crippen molar-refractivity contribution < 1.29 is 38.2 Å². The lowest BCUT2D eigenvalue weighted by atomic mass is 10.0. The average molecular weight is 648 g/mol. The van der Waals surface area contributed by atoms with E-state index in [2.05, 4.69) is 0 Å². The van der Waals surface area contributed by atoms with Gasteiger partial charge in [0.25, 0.3) is 11.8 Å². The molecule has 0 unspecified atom stereocenters. The molecule has 0 saturated carbocycles. The Labute approximate surface area is 279 Å². The summed E-state index contributed by atoms with van der Waals surface area (Å²) in [7, 11) is 0. The van der Waals surface area contributed by atoms with E-state index < -0.39 is 37.0 Å². The Morgan fingerprint density at radius 2 is 0.898 bits per heavy atom. The zero-order chi connectivity index (χ0) is 34.1. The van der Waals surface area contributed by atoms with Crippen LogP contribution in [0, 0.1) is 0 Å². The van der Waals surface area contributed by atoms with Crippen LogP contribution in [-0.2, 0) is 9.47 Å². The van der Waals surface area contributed by atoms with E-state index in [1.165, 1.54) is 42.5 Å². The molecule has 1 aliphatic rings. The average Bonchev–Trinajstić information content (AvgIpc) is 3.40. The number of anilines is 1. The molecule has 2 amide bonds. The zero-order valence-electron chi connectivity index (χ0n) is 25.8. The number of carbonyl (C=O) groups is 6. The van der Waals surface area contributed by atoms with Crippen molar-refractivity contribution in [3.8, 4) is 0 Å². The number of fused-ring (bicyclic) bond motifs is 3. The fourth-order valence-corrected chi connectivity index (χ4v) is 5.67. The Hall–Kier alpha value is -6.74. The van der Waals surface area contributed by atoms with E-state index in [1.807, 2.05) is 60.7 Å². The summed E-state index contributed by atoms with van der Waals surface area (Å²) in [4.78, 5) is 78.3. The highest BCUT2D eigenvalue weighted by Gasteiger charge is 2.37. The summed E-state index contributed by atoms with van der Waals surface area (Å²) in [5, 5.41) is 3.73. The second-order valence-electron chi connectivity index (χ2n) is 11.4. The highest BCUT2D eigenvalue weighted by atomic mass is 16.5. The second kappa shape index (κ2) is 12.8. The molecule has 9 heteroatoms. The van der Waals surface area contributed by atoms with Crippen LogP contribution in [-0.4, -0.2) is 48.5 Å². The highest BCUT2D eigenvalue weighted by Crippen LogP contribution is 2.30. The number of amides is 2. The van der Waals surface area contributed by atoms with E-state index in [9.17, 15) is 28.8 Å². The summed E-state index contributed by atoms with van der Waals surface area (Å²) in [6.07, 6.45) is 0. The standard InChI is InChI=1S/C40H25NO8/c42-35(29-11-9-24-5-1-3-7-27(24)19-29)22-48-39(46)26-13-16-32(17-14-26)41-37(44)33-18-15-31(21-34(33)38(41)45)40(47)49-23-36(43)30-12-10-25-6-2-4-8-28(25)20-30/h1-21H,22-23H2. The predicted molar refractivity (Wildman–Crippen MR) is 181 cm³/mol. The van der Waals surface area contributed by atoms with Gasteiger partial charge in [-0.15, -0.1) is 0 Å². The Morgan fingerprint density at radius 3 is 1.45 bits per heavy atom. The molecule has 0 bridgehead atoms. The first kappa shape index (κ1) is 30.9. The van der Waals surface area contributed by atoms with Gasteiger partial charge in [-0.2, -0.15) is 0 Å². The molecule has 0 aliphatic carbocycles. The van der Waals surface area contributed by atoms with Gasteiger partial charge in [0, 0.05) is 11.1 Å². The van der Waals surface area contributed by atoms with Crippen LogP contribution in [0.25, 0.3) is 21.5 Å². The third-order valence-electron chi connectivity index (χ3n) is 8.30. The van der Waals surface area contributed by atoms with Gasteiger partial charge in [-0.1, -0.05) is 72.8 Å². The molecule has 0 spiro atoms. The van der Waals surface area contributed by atoms with E-state index in [0.29, 0.717) is 11.1 Å². The molecule has 0 saturated heterocycles. The lowest BCUT2D eigenvalue weighted by Gasteiger charge is -2.14. The van der Waals surface area contributed by atoms with Crippen LogP contribution < -0.4 is 4.90 Å². The summed E-state index contributed by atoms with van der Waals surface area (Å²) >= 11 is 0. The molecule has 0 N–H and O–H groups in total. The lowest BCUT2D eigenvalue weighted by molar-refractivity contribution is 0.0472. The molecule has 0 atom stereocenters. The Balaban J connectivity index is 0.976. The quantitative estimate of drug-likeness (QED) is 0.0946. The maximum Gasteiger partial charge on any atom is 0.338 e. The monoisotopic (exact) mass is 647 g/mol. The molecular formula is C40H25NO8. The number of hydrogen-bond donors (Lipinski definition) is 0. The van der Waals surface area contributed by atoms with E-state index in [0.717, 1.165) is 26.4 Å². The Morgan fingerprint density at radius 1 is 0.449 bits per heavy atom. The first-order valence-electron chi connectivity index (χ1n) is 15.3. The van der Waals surface area contributed by atoms with Crippen molar-refractivity contribution in [2.45, 2.75) is 0 Å². The number of ether oxygens (including phenoxy) is 2. The van der Waals surface area contributed by atoms with Crippen LogP contribution >= 0.6 is 0 Å². The van der Waals surface area contributed by atoms with Crippen molar-refractivity contribution in [1.29, 1.82) is 0 Å². The summed E-state index contributed by atoms with van der Waals surface area (Å²) in [6.45, 7) is -0.959. The molecule has 49 heavy (non-hydrogen) atoms. The molecule has 9 nitrogen and oxygen atoms in total. The number of hydrogen-bond acceptors (Lipinski definition) is 8. The number of nitrogens with zero attached hydrogens (tertiary/aromatic N) is 1. The molecule has 7 rings (SSSR count). The van der Waals surface area contributed by atoms with Crippen molar-refractivity contribution in [2.24, 2.45) is 0 Å². The van der Waals surface area contributed by atoms with Crippen LogP contribution in [0.2, 0.25) is 0 Å². The van der Waals surface area contributed by atoms with Crippen LogP contribution in [0.4, 0.5) is 5.69 Å². The first-order valence-corrected chi connectivity index (χ1v) is 15.3. The van der Waals surface area contributed by atoms with Gasteiger partial charge in [0.2, 0.25) is 0 Å². The third kappa shape index (κ3) is 6.08. The van der Waals surface area contributed by atoms with Gasteiger partial charge in [-0.05, 0) is 76.1 Å². The fraction of sp³-hybridized carbons (Fsp3) is 0.0500. The van der Waals surface area contributed by atoms with E-state index in [4.69, 9.17) is 9.47 Å². The minimum Gasteiger partial charge on any atom is -0.454 e. The molecule has 0 aromatic heterocycles. The number of esters is 2. The van der Waals surface area contributed by atoms with Crippen molar-refractivity contribution in [3.05, 3.63) is 161 Å². The summed E-state index contributed by atoms with van der Waals surface area (Å²) in [5.74, 6) is -3.59. The Bertz CT molecular complexity index is 2360. The third-order valence-corrected chi connectivity index (χ3v) is 8.30. The van der Waals surface area contributed by atoms with Gasteiger partial charge >= 0.3 is 11.9 Å². The molecule has 1 heterocycles. The smallest absolute Gasteiger partial charge is 0.338 e. The molecule has 0 radical (unpaired) electrons. The maximum atomic E-state index is 13.3. The minimum absolute atomic E-state index is 0.00371. The van der Waals surface area contributed by atoms with Gasteiger partial charge in [-0.25, -0.2) is 14.5 Å². The first-order chi connectivity index (χ1) is 23.8. The predicted octanol–water partition coefficient (Wildman–Crippen LogP) is 6.87. The van der Waals surface area contributed by atoms with Crippen molar-refractivity contribution in [1.82, 2.24) is 0 Å².